The molecule has 0 bridgehead atoms. The van der Waals surface area contributed by atoms with Crippen molar-refractivity contribution in [2.45, 2.75) is 12.6 Å². The zero-order valence-corrected chi connectivity index (χ0v) is 7.64. The highest BCUT2D eigenvalue weighted by Crippen LogP contribution is 2.32. The van der Waals surface area contributed by atoms with Crippen LogP contribution < -0.4 is 5.90 Å². The number of alkyl halides is 3. The van der Waals surface area contributed by atoms with E-state index in [1.54, 1.807) is 0 Å². The Labute approximate surface area is 83.6 Å². The number of benzene rings is 1. The fraction of sp³-hybridized carbons (Fsp3) is 0.333. The maximum absolute atomic E-state index is 12.6. The van der Waals surface area contributed by atoms with Gasteiger partial charge in [0.1, 0.15) is 5.82 Å². The van der Waals surface area contributed by atoms with Crippen molar-refractivity contribution in [3.05, 3.63) is 35.1 Å². The summed E-state index contributed by atoms with van der Waals surface area (Å²) < 4.78 is 49.9. The molecule has 6 heteroatoms. The van der Waals surface area contributed by atoms with Crippen LogP contribution in [-0.4, -0.2) is 6.61 Å². The highest BCUT2D eigenvalue weighted by atomic mass is 19.4. The predicted molar refractivity (Wildman–Crippen MR) is 45.2 cm³/mol. The molecule has 0 radical (unpaired) electrons. The fourth-order valence-electron chi connectivity index (χ4n) is 1.20. The minimum Gasteiger partial charge on any atom is -0.304 e. The highest BCUT2D eigenvalue weighted by molar-refractivity contribution is 5.30. The molecular weight excluding hydrogens is 214 g/mol. The Balaban J connectivity index is 3.04. The summed E-state index contributed by atoms with van der Waals surface area (Å²) in [6, 6.07) is 2.52. The van der Waals surface area contributed by atoms with E-state index in [2.05, 4.69) is 4.84 Å². The molecule has 0 aliphatic carbocycles. The lowest BCUT2D eigenvalue weighted by atomic mass is 10.0. The van der Waals surface area contributed by atoms with Gasteiger partial charge in [0, 0.05) is 0 Å². The van der Waals surface area contributed by atoms with E-state index in [0.717, 1.165) is 12.1 Å². The van der Waals surface area contributed by atoms with Gasteiger partial charge in [-0.15, -0.1) is 0 Å². The lowest BCUT2D eigenvalue weighted by molar-refractivity contribution is -0.138. The second-order valence-electron chi connectivity index (χ2n) is 2.92. The van der Waals surface area contributed by atoms with Gasteiger partial charge in [0.25, 0.3) is 0 Å². The van der Waals surface area contributed by atoms with Crippen LogP contribution in [-0.2, 0) is 17.4 Å². The van der Waals surface area contributed by atoms with Crippen LogP contribution in [0.2, 0.25) is 0 Å². The molecule has 15 heavy (non-hydrogen) atoms. The fourth-order valence-corrected chi connectivity index (χ4v) is 1.20. The maximum atomic E-state index is 12.6. The van der Waals surface area contributed by atoms with Crippen LogP contribution >= 0.6 is 0 Å². The van der Waals surface area contributed by atoms with E-state index < -0.39 is 17.6 Å². The maximum Gasteiger partial charge on any atom is 0.416 e. The summed E-state index contributed by atoms with van der Waals surface area (Å²) in [7, 11) is 0. The van der Waals surface area contributed by atoms with E-state index in [4.69, 9.17) is 5.90 Å². The van der Waals surface area contributed by atoms with E-state index in [1.165, 1.54) is 0 Å². The first-order valence-corrected chi connectivity index (χ1v) is 4.12. The van der Waals surface area contributed by atoms with Crippen molar-refractivity contribution in [1.29, 1.82) is 0 Å². The Morgan fingerprint density at radius 3 is 2.47 bits per heavy atom. The molecule has 0 saturated carbocycles. The van der Waals surface area contributed by atoms with Crippen LogP contribution in [0.4, 0.5) is 17.6 Å². The second-order valence-corrected chi connectivity index (χ2v) is 2.92. The van der Waals surface area contributed by atoms with Crippen LogP contribution in [0.25, 0.3) is 0 Å². The van der Waals surface area contributed by atoms with E-state index in [0.29, 0.717) is 6.07 Å². The molecule has 1 aromatic carbocycles. The average molecular weight is 223 g/mol. The van der Waals surface area contributed by atoms with Crippen LogP contribution in [0.15, 0.2) is 18.2 Å². The Morgan fingerprint density at radius 2 is 1.93 bits per heavy atom. The third-order valence-corrected chi connectivity index (χ3v) is 1.87. The number of nitrogens with two attached hydrogens (primary N) is 1. The first kappa shape index (κ1) is 11.9. The minimum atomic E-state index is -4.56. The molecule has 0 aliphatic rings. The van der Waals surface area contributed by atoms with E-state index in [9.17, 15) is 17.6 Å². The van der Waals surface area contributed by atoms with Gasteiger partial charge in [-0.25, -0.2) is 10.3 Å². The van der Waals surface area contributed by atoms with Gasteiger partial charge in [0.2, 0.25) is 0 Å². The minimum absolute atomic E-state index is 0.00831. The quantitative estimate of drug-likeness (QED) is 0.630. The van der Waals surface area contributed by atoms with Gasteiger partial charge in [0.05, 0.1) is 12.2 Å². The lowest BCUT2D eigenvalue weighted by Crippen LogP contribution is -2.12. The summed E-state index contributed by atoms with van der Waals surface area (Å²) >= 11 is 0. The first-order valence-electron chi connectivity index (χ1n) is 4.12. The molecular formula is C9H9F4NO. The first-order chi connectivity index (χ1) is 6.95. The summed E-state index contributed by atoms with van der Waals surface area (Å²) in [6.45, 7) is -0.0469. The normalized spacial score (nSPS) is 11.8. The number of halogens is 4. The molecule has 0 saturated heterocycles. The molecule has 0 heterocycles. The molecule has 0 spiro atoms. The standard InChI is InChI=1S/C9H9F4NO/c10-7-2-1-6(3-4-15-14)8(5-7)9(11,12)13/h1-2,5H,3-4,14H2. The van der Waals surface area contributed by atoms with Crippen molar-refractivity contribution in [2.24, 2.45) is 5.90 Å². The zero-order chi connectivity index (χ0) is 11.5. The third-order valence-electron chi connectivity index (χ3n) is 1.87. The van der Waals surface area contributed by atoms with Gasteiger partial charge in [-0.1, -0.05) is 6.07 Å². The Hall–Kier alpha value is -1.14. The monoisotopic (exact) mass is 223 g/mol. The van der Waals surface area contributed by atoms with Crippen molar-refractivity contribution in [2.75, 3.05) is 6.61 Å². The van der Waals surface area contributed by atoms with Crippen molar-refractivity contribution in [1.82, 2.24) is 0 Å². The van der Waals surface area contributed by atoms with Crippen molar-refractivity contribution < 1.29 is 22.4 Å². The molecule has 0 fully saturated rings. The summed E-state index contributed by atoms with van der Waals surface area (Å²) in [5.74, 6) is 3.79. The number of rotatable bonds is 3. The van der Waals surface area contributed by atoms with Gasteiger partial charge in [0.15, 0.2) is 0 Å². The van der Waals surface area contributed by atoms with E-state index in [1.807, 2.05) is 0 Å². The average Bonchev–Trinajstić information content (AvgIpc) is 2.14. The Bertz CT molecular complexity index is 337. The largest absolute Gasteiger partial charge is 0.416 e. The van der Waals surface area contributed by atoms with Gasteiger partial charge in [-0.2, -0.15) is 13.2 Å². The molecule has 0 aromatic heterocycles. The number of hydrogen-bond donors (Lipinski definition) is 1. The summed E-state index contributed by atoms with van der Waals surface area (Å²) in [4.78, 5) is 4.18. The predicted octanol–water partition coefficient (Wildman–Crippen LogP) is 2.28. The molecule has 0 unspecified atom stereocenters. The van der Waals surface area contributed by atoms with E-state index >= 15 is 0 Å². The molecule has 0 atom stereocenters. The van der Waals surface area contributed by atoms with Crippen molar-refractivity contribution in [3.8, 4) is 0 Å². The summed E-state index contributed by atoms with van der Waals surface area (Å²) in [5.41, 5.74) is -1.02. The Kier molecular flexibility index (Phi) is 3.65. The van der Waals surface area contributed by atoms with Crippen molar-refractivity contribution >= 4 is 0 Å². The van der Waals surface area contributed by atoms with Crippen LogP contribution in [0.3, 0.4) is 0 Å². The summed E-state index contributed by atoms with van der Waals surface area (Å²) in [6.07, 6.45) is -4.57. The number of hydrogen-bond acceptors (Lipinski definition) is 2. The third kappa shape index (κ3) is 3.17. The topological polar surface area (TPSA) is 35.2 Å². The highest BCUT2D eigenvalue weighted by Gasteiger charge is 2.33. The smallest absolute Gasteiger partial charge is 0.304 e. The van der Waals surface area contributed by atoms with Crippen molar-refractivity contribution in [3.63, 3.8) is 0 Å². The molecule has 1 rings (SSSR count). The zero-order valence-electron chi connectivity index (χ0n) is 7.64. The molecule has 0 aliphatic heterocycles. The lowest BCUT2D eigenvalue weighted by Gasteiger charge is -2.12. The molecule has 0 amide bonds. The summed E-state index contributed by atoms with van der Waals surface area (Å²) in [5, 5.41) is 0. The van der Waals surface area contributed by atoms with Crippen LogP contribution in [0, 0.1) is 5.82 Å². The molecule has 84 valence electrons. The SMILES string of the molecule is NOCCc1ccc(F)cc1C(F)(F)F. The van der Waals surface area contributed by atoms with Gasteiger partial charge in [-0.05, 0) is 24.1 Å². The second kappa shape index (κ2) is 4.59. The van der Waals surface area contributed by atoms with Gasteiger partial charge < -0.3 is 4.84 Å². The molecule has 2 N–H and O–H groups in total. The molecule has 2 nitrogen and oxygen atoms in total. The van der Waals surface area contributed by atoms with Gasteiger partial charge >= 0.3 is 6.18 Å². The van der Waals surface area contributed by atoms with Crippen LogP contribution in [0.1, 0.15) is 11.1 Å². The van der Waals surface area contributed by atoms with E-state index in [-0.39, 0.29) is 18.6 Å². The molecule has 1 aromatic rings. The van der Waals surface area contributed by atoms with Gasteiger partial charge in [-0.3, -0.25) is 0 Å². The van der Waals surface area contributed by atoms with Crippen LogP contribution in [0.5, 0.6) is 0 Å². The Morgan fingerprint density at radius 1 is 1.27 bits per heavy atom.